The van der Waals surface area contributed by atoms with Crippen LogP contribution in [0.5, 0.6) is 0 Å². The average Bonchev–Trinajstić information content (AvgIpc) is 2.62. The topological polar surface area (TPSA) is 38.3 Å². The summed E-state index contributed by atoms with van der Waals surface area (Å²) in [6.45, 7) is 1.04. The maximum atomic E-state index is 11.6. The molecule has 0 spiro atoms. The van der Waals surface area contributed by atoms with Crippen LogP contribution in [0.15, 0.2) is 30.3 Å². The van der Waals surface area contributed by atoms with E-state index in [0.717, 1.165) is 17.3 Å². The van der Waals surface area contributed by atoms with Gasteiger partial charge in [-0.1, -0.05) is 97.6 Å². The van der Waals surface area contributed by atoms with Gasteiger partial charge in [-0.2, -0.15) is 0 Å². The van der Waals surface area contributed by atoms with Crippen molar-refractivity contribution in [2.24, 2.45) is 0 Å². The predicted molar refractivity (Wildman–Crippen MR) is 105 cm³/mol. The van der Waals surface area contributed by atoms with Gasteiger partial charge in [-0.05, 0) is 18.4 Å². The first kappa shape index (κ1) is 21.0. The van der Waals surface area contributed by atoms with Gasteiger partial charge in [-0.15, -0.1) is 0 Å². The molecule has 0 bridgehead atoms. The molecule has 0 saturated heterocycles. The molecule has 4 heteroatoms. The zero-order valence-electron chi connectivity index (χ0n) is 14.8. The molecule has 0 aliphatic rings. The number of carbonyl (C=O) groups is 1. The van der Waals surface area contributed by atoms with Crippen LogP contribution in [0.4, 0.5) is 4.79 Å². The van der Waals surface area contributed by atoms with Crippen molar-refractivity contribution < 1.29 is 9.53 Å². The van der Waals surface area contributed by atoms with Gasteiger partial charge in [0.1, 0.15) is 6.61 Å². The highest BCUT2D eigenvalue weighted by Crippen LogP contribution is 2.10. The van der Waals surface area contributed by atoms with Gasteiger partial charge < -0.3 is 10.1 Å². The number of nitrogens with one attached hydrogen (secondary N) is 1. The van der Waals surface area contributed by atoms with Crippen LogP contribution < -0.4 is 5.32 Å². The highest BCUT2D eigenvalue weighted by molar-refractivity contribution is 9.09. The molecular weight excluding hydrogens is 366 g/mol. The van der Waals surface area contributed by atoms with Crippen molar-refractivity contribution in [1.82, 2.24) is 5.32 Å². The van der Waals surface area contributed by atoms with Crippen molar-refractivity contribution in [2.75, 3.05) is 11.9 Å². The SMILES string of the molecule is O=C(NCCCCCCCCCCCCBr)OCc1ccccc1. The lowest BCUT2D eigenvalue weighted by Gasteiger charge is -2.07. The van der Waals surface area contributed by atoms with Crippen LogP contribution in [0.1, 0.15) is 69.8 Å². The second-order valence-corrected chi connectivity index (χ2v) is 7.01. The maximum absolute atomic E-state index is 11.6. The fraction of sp³-hybridized carbons (Fsp3) is 0.650. The minimum Gasteiger partial charge on any atom is -0.445 e. The summed E-state index contributed by atoms with van der Waals surface area (Å²) < 4.78 is 5.18. The van der Waals surface area contributed by atoms with E-state index < -0.39 is 0 Å². The van der Waals surface area contributed by atoms with Gasteiger partial charge >= 0.3 is 6.09 Å². The number of hydrogen-bond donors (Lipinski definition) is 1. The summed E-state index contributed by atoms with van der Waals surface area (Å²) >= 11 is 3.47. The first-order chi connectivity index (χ1) is 11.8. The van der Waals surface area contributed by atoms with Crippen molar-refractivity contribution in [2.45, 2.75) is 70.8 Å². The van der Waals surface area contributed by atoms with Gasteiger partial charge in [-0.25, -0.2) is 4.79 Å². The number of ether oxygens (including phenoxy) is 1. The van der Waals surface area contributed by atoms with Crippen LogP contribution in [0, 0.1) is 0 Å². The van der Waals surface area contributed by atoms with Crippen molar-refractivity contribution in [1.29, 1.82) is 0 Å². The van der Waals surface area contributed by atoms with E-state index in [4.69, 9.17) is 4.74 Å². The number of unbranched alkanes of at least 4 members (excludes halogenated alkanes) is 9. The van der Waals surface area contributed by atoms with Gasteiger partial charge in [-0.3, -0.25) is 0 Å². The maximum Gasteiger partial charge on any atom is 0.407 e. The smallest absolute Gasteiger partial charge is 0.407 e. The fourth-order valence-corrected chi connectivity index (χ4v) is 2.99. The molecule has 24 heavy (non-hydrogen) atoms. The molecule has 1 aromatic carbocycles. The Morgan fingerprint density at radius 2 is 1.38 bits per heavy atom. The normalized spacial score (nSPS) is 10.5. The predicted octanol–water partition coefficient (Wildman–Crippen LogP) is 6.21. The lowest BCUT2D eigenvalue weighted by atomic mass is 10.1. The number of alkyl halides is 1. The average molecular weight is 398 g/mol. The lowest BCUT2D eigenvalue weighted by molar-refractivity contribution is 0.139. The Labute approximate surface area is 155 Å². The van der Waals surface area contributed by atoms with Gasteiger partial charge in [0.05, 0.1) is 0 Å². The van der Waals surface area contributed by atoms with Gasteiger partial charge in [0.15, 0.2) is 0 Å². The van der Waals surface area contributed by atoms with E-state index in [9.17, 15) is 4.79 Å². The molecule has 0 aromatic heterocycles. The Balaban J connectivity index is 1.82. The lowest BCUT2D eigenvalue weighted by Crippen LogP contribution is -2.25. The van der Waals surface area contributed by atoms with E-state index in [1.54, 1.807) is 0 Å². The van der Waals surface area contributed by atoms with Crippen molar-refractivity contribution >= 4 is 22.0 Å². The molecule has 1 N–H and O–H groups in total. The van der Waals surface area contributed by atoms with Crippen LogP contribution in [0.2, 0.25) is 0 Å². The molecule has 0 fully saturated rings. The number of alkyl carbamates (subject to hydrolysis) is 1. The standard InChI is InChI=1S/C20H32BrNO2/c21-16-12-7-5-3-1-2-4-6-8-13-17-22-20(23)24-18-19-14-10-9-11-15-19/h9-11,14-15H,1-8,12-13,16-18H2,(H,22,23). The molecule has 136 valence electrons. The van der Waals surface area contributed by atoms with E-state index in [1.807, 2.05) is 30.3 Å². The van der Waals surface area contributed by atoms with Crippen LogP contribution in [0.3, 0.4) is 0 Å². The Morgan fingerprint density at radius 3 is 1.96 bits per heavy atom. The highest BCUT2D eigenvalue weighted by atomic mass is 79.9. The zero-order chi connectivity index (χ0) is 17.3. The third-order valence-electron chi connectivity index (χ3n) is 4.04. The molecule has 1 aromatic rings. The Hall–Kier alpha value is -1.03. The molecule has 0 heterocycles. The number of benzene rings is 1. The van der Waals surface area contributed by atoms with Crippen LogP contribution >= 0.6 is 15.9 Å². The summed E-state index contributed by atoms with van der Waals surface area (Å²) in [5.74, 6) is 0. The van der Waals surface area contributed by atoms with Crippen molar-refractivity contribution in [3.8, 4) is 0 Å². The molecular formula is C20H32BrNO2. The first-order valence-electron chi connectivity index (χ1n) is 9.33. The molecule has 0 atom stereocenters. The van der Waals surface area contributed by atoms with E-state index >= 15 is 0 Å². The Morgan fingerprint density at radius 1 is 0.833 bits per heavy atom. The van der Waals surface area contributed by atoms with Crippen LogP contribution in [-0.2, 0) is 11.3 Å². The van der Waals surface area contributed by atoms with E-state index in [1.165, 1.54) is 57.8 Å². The fourth-order valence-electron chi connectivity index (χ4n) is 2.60. The molecule has 0 aliphatic carbocycles. The number of rotatable bonds is 14. The van der Waals surface area contributed by atoms with E-state index in [0.29, 0.717) is 13.2 Å². The molecule has 0 unspecified atom stereocenters. The third kappa shape index (κ3) is 12.4. The summed E-state index contributed by atoms with van der Waals surface area (Å²) in [6.07, 6.45) is 12.6. The number of hydrogen-bond acceptors (Lipinski definition) is 2. The summed E-state index contributed by atoms with van der Waals surface area (Å²) in [7, 11) is 0. The minimum atomic E-state index is -0.317. The summed E-state index contributed by atoms with van der Waals surface area (Å²) in [4.78, 5) is 11.6. The van der Waals surface area contributed by atoms with Gasteiger partial charge in [0.2, 0.25) is 0 Å². The molecule has 1 amide bonds. The Kier molecular flexibility index (Phi) is 13.6. The molecule has 0 aliphatic heterocycles. The van der Waals surface area contributed by atoms with Crippen LogP contribution in [0.25, 0.3) is 0 Å². The number of carbonyl (C=O) groups excluding carboxylic acids is 1. The Bertz CT molecular complexity index is 411. The number of amides is 1. The summed E-state index contributed by atoms with van der Waals surface area (Å²) in [6, 6.07) is 9.75. The minimum absolute atomic E-state index is 0.317. The third-order valence-corrected chi connectivity index (χ3v) is 4.60. The number of halogens is 1. The molecule has 0 radical (unpaired) electrons. The molecule has 3 nitrogen and oxygen atoms in total. The molecule has 0 saturated carbocycles. The van der Waals surface area contributed by atoms with Gasteiger partial charge in [0, 0.05) is 11.9 Å². The first-order valence-corrected chi connectivity index (χ1v) is 10.5. The van der Waals surface area contributed by atoms with E-state index in [2.05, 4.69) is 21.2 Å². The van der Waals surface area contributed by atoms with Gasteiger partial charge in [0.25, 0.3) is 0 Å². The highest BCUT2D eigenvalue weighted by Gasteiger charge is 2.01. The quantitative estimate of drug-likeness (QED) is 0.299. The second kappa shape index (κ2) is 15.5. The monoisotopic (exact) mass is 397 g/mol. The summed E-state index contributed by atoms with van der Waals surface area (Å²) in [5.41, 5.74) is 1.01. The second-order valence-electron chi connectivity index (χ2n) is 6.21. The van der Waals surface area contributed by atoms with Crippen LogP contribution in [-0.4, -0.2) is 18.0 Å². The van der Waals surface area contributed by atoms with E-state index in [-0.39, 0.29) is 6.09 Å². The van der Waals surface area contributed by atoms with Crippen molar-refractivity contribution in [3.63, 3.8) is 0 Å². The molecule has 1 rings (SSSR count). The largest absolute Gasteiger partial charge is 0.445 e. The zero-order valence-corrected chi connectivity index (χ0v) is 16.4. The van der Waals surface area contributed by atoms with Crippen molar-refractivity contribution in [3.05, 3.63) is 35.9 Å². The summed E-state index contributed by atoms with van der Waals surface area (Å²) in [5, 5.41) is 3.96.